The Kier molecular flexibility index (Phi) is 4.61. The first-order valence-electron chi connectivity index (χ1n) is 7.96. The highest BCUT2D eigenvalue weighted by molar-refractivity contribution is 6.00. The minimum atomic E-state index is -3.08. The third-order valence-electron chi connectivity index (χ3n) is 4.34. The molecule has 25 heavy (non-hydrogen) atoms. The number of aryl methyl sites for hydroxylation is 1. The lowest BCUT2D eigenvalue weighted by molar-refractivity contribution is -0.134. The molecule has 1 aromatic rings. The summed E-state index contributed by atoms with van der Waals surface area (Å²) >= 11 is 0. The van der Waals surface area contributed by atoms with Crippen LogP contribution in [0.3, 0.4) is 0 Å². The molecule has 132 valence electrons. The fourth-order valence-corrected chi connectivity index (χ4v) is 3.12. The molecule has 2 amide bonds. The van der Waals surface area contributed by atoms with Gasteiger partial charge in [-0.1, -0.05) is 12.2 Å². The number of hydrogen-bond acceptors (Lipinski definition) is 4. The molecule has 1 aliphatic heterocycles. The minimum Gasteiger partial charge on any atom is -0.343 e. The molecule has 2 heterocycles. The van der Waals surface area contributed by atoms with Gasteiger partial charge in [0.25, 0.3) is 11.8 Å². The highest BCUT2D eigenvalue weighted by Gasteiger charge is 2.46. The Bertz CT molecular complexity index is 749. The molecule has 1 unspecified atom stereocenters. The number of hydrogen-bond donors (Lipinski definition) is 1. The van der Waals surface area contributed by atoms with Crippen LogP contribution in [0.15, 0.2) is 18.3 Å². The molecule has 1 atom stereocenters. The molecule has 0 spiro atoms. The van der Waals surface area contributed by atoms with Crippen molar-refractivity contribution >= 4 is 24.2 Å². The molecule has 2 aliphatic rings. The third-order valence-corrected chi connectivity index (χ3v) is 4.34. The van der Waals surface area contributed by atoms with Crippen LogP contribution in [0.2, 0.25) is 0 Å². The predicted octanol–water partition coefficient (Wildman–Crippen LogP) is 1.21. The van der Waals surface area contributed by atoms with Gasteiger partial charge >= 0.3 is 0 Å². The van der Waals surface area contributed by atoms with Gasteiger partial charge in [-0.25, -0.2) is 8.78 Å². The molecular weight excluding hydrogens is 332 g/mol. The number of allylic oxidation sites excluding steroid dienone is 1. The number of aldehydes is 1. The van der Waals surface area contributed by atoms with Crippen molar-refractivity contribution in [3.63, 3.8) is 0 Å². The number of likely N-dealkylation sites (tertiary alicyclic amines) is 1. The number of fused-ring (bicyclic) bond motifs is 1. The highest BCUT2D eigenvalue weighted by Crippen LogP contribution is 2.31. The van der Waals surface area contributed by atoms with Crippen molar-refractivity contribution in [2.45, 2.75) is 31.2 Å². The molecule has 3 rings (SSSR count). The zero-order chi connectivity index (χ0) is 18.0. The Balaban J connectivity index is 1.66. The molecule has 1 N–H and O–H groups in total. The summed E-state index contributed by atoms with van der Waals surface area (Å²) in [6, 6.07) is 0.392. The lowest BCUT2D eigenvalue weighted by atomic mass is 9.98. The zero-order valence-electron chi connectivity index (χ0n) is 13.4. The number of rotatable bonds is 4. The van der Waals surface area contributed by atoms with E-state index in [1.807, 2.05) is 12.2 Å². The van der Waals surface area contributed by atoms with E-state index in [9.17, 15) is 23.2 Å². The lowest BCUT2D eigenvalue weighted by Crippen LogP contribution is -2.43. The average molecular weight is 349 g/mol. The Labute approximate surface area is 142 Å². The summed E-state index contributed by atoms with van der Waals surface area (Å²) in [6.45, 7) is -1.25. The number of amides is 2. The number of halogens is 2. The third kappa shape index (κ3) is 3.57. The quantitative estimate of drug-likeness (QED) is 0.829. The molecule has 0 saturated carbocycles. The monoisotopic (exact) mass is 349 g/mol. The van der Waals surface area contributed by atoms with E-state index in [-0.39, 0.29) is 0 Å². The maximum atomic E-state index is 13.4. The molecule has 1 aliphatic carbocycles. The molecule has 0 radical (unpaired) electrons. The Hall–Kier alpha value is -2.64. The molecule has 8 heteroatoms. The van der Waals surface area contributed by atoms with Crippen LogP contribution in [0.4, 0.5) is 8.78 Å². The van der Waals surface area contributed by atoms with Crippen LogP contribution in [-0.4, -0.2) is 53.0 Å². The van der Waals surface area contributed by atoms with Gasteiger partial charge in [0.15, 0.2) is 0 Å². The van der Waals surface area contributed by atoms with Crippen molar-refractivity contribution in [2.75, 3.05) is 13.1 Å². The fraction of sp³-hybridized carbons (Fsp3) is 0.412. The largest absolute Gasteiger partial charge is 0.343 e. The Morgan fingerprint density at radius 1 is 1.44 bits per heavy atom. The van der Waals surface area contributed by atoms with Crippen LogP contribution in [0.25, 0.3) is 6.08 Å². The number of aromatic nitrogens is 1. The predicted molar refractivity (Wildman–Crippen MR) is 85.1 cm³/mol. The summed E-state index contributed by atoms with van der Waals surface area (Å²) in [5, 5.41) is 2.45. The van der Waals surface area contributed by atoms with E-state index in [2.05, 4.69) is 10.3 Å². The first kappa shape index (κ1) is 17.2. The van der Waals surface area contributed by atoms with Gasteiger partial charge in [-0.15, -0.1) is 0 Å². The van der Waals surface area contributed by atoms with Crippen molar-refractivity contribution in [1.29, 1.82) is 0 Å². The van der Waals surface area contributed by atoms with Crippen LogP contribution in [0, 0.1) is 0 Å². The topological polar surface area (TPSA) is 79.4 Å². The van der Waals surface area contributed by atoms with E-state index >= 15 is 0 Å². The zero-order valence-corrected chi connectivity index (χ0v) is 13.4. The summed E-state index contributed by atoms with van der Waals surface area (Å²) in [6.07, 6.45) is 6.51. The second kappa shape index (κ2) is 6.70. The van der Waals surface area contributed by atoms with E-state index in [0.717, 1.165) is 23.4 Å². The van der Waals surface area contributed by atoms with E-state index in [0.29, 0.717) is 17.4 Å². The van der Waals surface area contributed by atoms with E-state index < -0.39 is 43.3 Å². The van der Waals surface area contributed by atoms with Gasteiger partial charge in [0, 0.05) is 29.4 Å². The van der Waals surface area contributed by atoms with E-state index in [4.69, 9.17) is 0 Å². The van der Waals surface area contributed by atoms with Gasteiger partial charge < -0.3 is 15.0 Å². The summed E-state index contributed by atoms with van der Waals surface area (Å²) in [5.41, 5.74) is 1.89. The second-order valence-corrected chi connectivity index (χ2v) is 6.13. The van der Waals surface area contributed by atoms with Crippen molar-refractivity contribution < 1.29 is 23.2 Å². The van der Waals surface area contributed by atoms with Crippen LogP contribution >= 0.6 is 0 Å². The maximum absolute atomic E-state index is 13.4. The average Bonchev–Trinajstić information content (AvgIpc) is 2.93. The van der Waals surface area contributed by atoms with Gasteiger partial charge in [0.1, 0.15) is 6.29 Å². The highest BCUT2D eigenvalue weighted by atomic mass is 19.3. The van der Waals surface area contributed by atoms with E-state index in [1.165, 1.54) is 6.20 Å². The van der Waals surface area contributed by atoms with E-state index in [1.54, 1.807) is 6.07 Å². The summed E-state index contributed by atoms with van der Waals surface area (Å²) in [5.74, 6) is -4.27. The van der Waals surface area contributed by atoms with Crippen LogP contribution < -0.4 is 5.32 Å². The maximum Gasteiger partial charge on any atom is 0.267 e. The lowest BCUT2D eigenvalue weighted by Gasteiger charge is -2.20. The van der Waals surface area contributed by atoms with Gasteiger partial charge in [0.2, 0.25) is 5.91 Å². The van der Waals surface area contributed by atoms with Gasteiger partial charge in [-0.3, -0.25) is 14.6 Å². The molecule has 1 saturated heterocycles. The van der Waals surface area contributed by atoms with Gasteiger partial charge in [0.05, 0.1) is 19.1 Å². The molecule has 0 aromatic carbocycles. The van der Waals surface area contributed by atoms with Crippen molar-refractivity contribution in [2.24, 2.45) is 0 Å². The number of carbonyl (C=O) groups excluding carboxylic acids is 3. The van der Waals surface area contributed by atoms with Crippen molar-refractivity contribution in [1.82, 2.24) is 15.2 Å². The standard InChI is InChI=1S/C17H17F2N3O3/c18-17(19)7-11(9-23)22(10-17)15(24)8-21-16(25)13-5-6-20-14-4-2-1-3-12(13)14/h1,3,5-6,9,11H,2,4,7-8,10H2,(H,21,25). The van der Waals surface area contributed by atoms with Crippen LogP contribution in [0.5, 0.6) is 0 Å². The minimum absolute atomic E-state index is 0.338. The molecule has 0 bridgehead atoms. The molecular formula is C17H17F2N3O3. The van der Waals surface area contributed by atoms with Crippen LogP contribution in [0.1, 0.15) is 34.5 Å². The summed E-state index contributed by atoms with van der Waals surface area (Å²) < 4.78 is 26.8. The normalized spacial score (nSPS) is 20.9. The molecule has 1 fully saturated rings. The first-order chi connectivity index (χ1) is 11.9. The SMILES string of the molecule is O=CC1CC(F)(F)CN1C(=O)CNC(=O)c1ccnc2c1C=CCC2. The van der Waals surface area contributed by atoms with Gasteiger partial charge in [-0.2, -0.15) is 0 Å². The molecule has 1 aromatic heterocycles. The van der Waals surface area contributed by atoms with Gasteiger partial charge in [-0.05, 0) is 18.9 Å². The van der Waals surface area contributed by atoms with Crippen molar-refractivity contribution in [3.05, 3.63) is 35.2 Å². The summed E-state index contributed by atoms with van der Waals surface area (Å²) in [7, 11) is 0. The van der Waals surface area contributed by atoms with Crippen molar-refractivity contribution in [3.8, 4) is 0 Å². The second-order valence-electron chi connectivity index (χ2n) is 6.13. The number of alkyl halides is 2. The number of nitrogens with zero attached hydrogens (tertiary/aromatic N) is 2. The Morgan fingerprint density at radius 3 is 3.00 bits per heavy atom. The fourth-order valence-electron chi connectivity index (χ4n) is 3.12. The molecule has 6 nitrogen and oxygen atoms in total. The van der Waals surface area contributed by atoms with Crippen LogP contribution in [-0.2, 0) is 16.0 Å². The first-order valence-corrected chi connectivity index (χ1v) is 7.96. The number of nitrogens with one attached hydrogen (secondary N) is 1. The number of carbonyl (C=O) groups is 3. The Morgan fingerprint density at radius 2 is 2.24 bits per heavy atom. The smallest absolute Gasteiger partial charge is 0.267 e. The number of pyridine rings is 1. The summed E-state index contributed by atoms with van der Waals surface area (Å²) in [4.78, 5) is 40.4.